The Morgan fingerprint density at radius 1 is 1.00 bits per heavy atom. The zero-order valence-electron chi connectivity index (χ0n) is 23.0. The molecule has 41 heavy (non-hydrogen) atoms. The summed E-state index contributed by atoms with van der Waals surface area (Å²) < 4.78 is 5.78. The summed E-state index contributed by atoms with van der Waals surface area (Å²) in [6.07, 6.45) is 1.82. The predicted molar refractivity (Wildman–Crippen MR) is 160 cm³/mol. The second kappa shape index (κ2) is 12.8. The van der Waals surface area contributed by atoms with Crippen molar-refractivity contribution in [1.29, 1.82) is 0 Å². The van der Waals surface area contributed by atoms with Crippen LogP contribution >= 0.6 is 11.8 Å². The minimum Gasteiger partial charge on any atom is -0.480 e. The van der Waals surface area contributed by atoms with Gasteiger partial charge in [-0.1, -0.05) is 78.9 Å². The Kier molecular flexibility index (Phi) is 8.95. The molecule has 3 aromatic carbocycles. The molecule has 3 aromatic rings. The van der Waals surface area contributed by atoms with Crippen LogP contribution in [0.1, 0.15) is 35.4 Å². The first-order valence-electron chi connectivity index (χ1n) is 13.8. The second-order valence-electron chi connectivity index (χ2n) is 10.6. The maximum atomic E-state index is 13.7. The molecule has 2 amide bonds. The van der Waals surface area contributed by atoms with E-state index in [2.05, 4.69) is 39.8 Å². The number of likely N-dealkylation sites (tertiary alicyclic amines) is 1. The number of nitrogens with zero attached hydrogens (tertiary/aromatic N) is 1. The van der Waals surface area contributed by atoms with Gasteiger partial charge in [0.1, 0.15) is 18.2 Å². The van der Waals surface area contributed by atoms with Gasteiger partial charge in [-0.15, -0.1) is 0 Å². The van der Waals surface area contributed by atoms with E-state index in [1.54, 1.807) is 0 Å². The number of benzene rings is 3. The van der Waals surface area contributed by atoms with Crippen LogP contribution in [0.5, 0.6) is 0 Å². The number of ether oxygens (including phenoxy) is 1. The molecule has 1 saturated heterocycles. The molecular formula is C32H35N3O5S. The molecule has 1 heterocycles. The van der Waals surface area contributed by atoms with E-state index in [4.69, 9.17) is 4.74 Å². The van der Waals surface area contributed by atoms with Crippen LogP contribution in [0.2, 0.25) is 0 Å². The Balaban J connectivity index is 1.31. The molecule has 0 spiro atoms. The van der Waals surface area contributed by atoms with Gasteiger partial charge in [0, 0.05) is 25.6 Å². The molecule has 2 unspecified atom stereocenters. The lowest BCUT2D eigenvalue weighted by Crippen LogP contribution is -2.62. The van der Waals surface area contributed by atoms with Crippen molar-refractivity contribution >= 4 is 29.7 Å². The van der Waals surface area contributed by atoms with E-state index in [-0.39, 0.29) is 25.5 Å². The molecule has 5 rings (SSSR count). The van der Waals surface area contributed by atoms with Crippen molar-refractivity contribution in [2.24, 2.45) is 0 Å². The fraction of sp³-hybridized carbons (Fsp3) is 0.344. The van der Waals surface area contributed by atoms with Crippen LogP contribution in [-0.2, 0) is 20.9 Å². The van der Waals surface area contributed by atoms with E-state index >= 15 is 0 Å². The average Bonchev–Trinajstić information content (AvgIpc) is 3.53. The molecule has 0 bridgehead atoms. The first-order chi connectivity index (χ1) is 19.9. The molecule has 1 fully saturated rings. The van der Waals surface area contributed by atoms with E-state index in [1.807, 2.05) is 60.9 Å². The molecule has 0 aromatic heterocycles. The number of aliphatic carboxylic acids is 1. The summed E-state index contributed by atoms with van der Waals surface area (Å²) in [7, 11) is 0. The summed E-state index contributed by atoms with van der Waals surface area (Å²) in [4.78, 5) is 41.0. The van der Waals surface area contributed by atoms with Crippen LogP contribution in [0.15, 0.2) is 78.9 Å². The normalized spacial score (nSPS) is 18.8. The van der Waals surface area contributed by atoms with Gasteiger partial charge >= 0.3 is 12.1 Å². The van der Waals surface area contributed by atoms with Crippen molar-refractivity contribution in [3.8, 4) is 11.1 Å². The molecule has 0 radical (unpaired) electrons. The molecule has 0 saturated carbocycles. The molecule has 8 nitrogen and oxygen atoms in total. The van der Waals surface area contributed by atoms with Crippen LogP contribution in [0, 0.1) is 0 Å². The summed E-state index contributed by atoms with van der Waals surface area (Å²) >= 11 is 1.51. The number of rotatable bonds is 11. The largest absolute Gasteiger partial charge is 0.480 e. The number of amides is 2. The number of carboxylic acid groups (broad SMARTS) is 1. The first-order valence-corrected chi connectivity index (χ1v) is 15.2. The fourth-order valence-corrected chi connectivity index (χ4v) is 6.30. The van der Waals surface area contributed by atoms with E-state index < -0.39 is 29.6 Å². The average molecular weight is 574 g/mol. The Hall–Kier alpha value is -3.82. The lowest BCUT2D eigenvalue weighted by molar-refractivity contribution is -0.142. The molecule has 9 heteroatoms. The highest BCUT2D eigenvalue weighted by Crippen LogP contribution is 2.44. The van der Waals surface area contributed by atoms with Crippen LogP contribution in [0.4, 0.5) is 4.79 Å². The Bertz CT molecular complexity index is 1360. The molecule has 3 N–H and O–H groups in total. The van der Waals surface area contributed by atoms with Gasteiger partial charge in [-0.05, 0) is 52.7 Å². The molecular weight excluding hydrogens is 538 g/mol. The quantitative estimate of drug-likeness (QED) is 0.310. The van der Waals surface area contributed by atoms with Crippen molar-refractivity contribution in [3.63, 3.8) is 0 Å². The minimum atomic E-state index is -1.32. The Morgan fingerprint density at radius 3 is 2.27 bits per heavy atom. The van der Waals surface area contributed by atoms with Gasteiger partial charge in [0.2, 0.25) is 5.91 Å². The third kappa shape index (κ3) is 6.41. The molecule has 1 aliphatic carbocycles. The van der Waals surface area contributed by atoms with Crippen molar-refractivity contribution in [2.45, 2.75) is 36.9 Å². The highest BCUT2D eigenvalue weighted by molar-refractivity contribution is 7.98. The maximum Gasteiger partial charge on any atom is 0.408 e. The molecule has 214 valence electrons. The van der Waals surface area contributed by atoms with Gasteiger partial charge in [-0.25, -0.2) is 9.59 Å². The maximum absolute atomic E-state index is 13.7. The number of nitrogens with one attached hydrogen (secondary N) is 2. The topological polar surface area (TPSA) is 108 Å². The smallest absolute Gasteiger partial charge is 0.408 e. The van der Waals surface area contributed by atoms with Crippen LogP contribution in [-0.4, -0.2) is 71.3 Å². The zero-order chi connectivity index (χ0) is 28.8. The molecule has 1 aliphatic heterocycles. The third-order valence-electron chi connectivity index (χ3n) is 7.93. The van der Waals surface area contributed by atoms with Gasteiger partial charge < -0.3 is 20.5 Å². The number of alkyl carbamates (subject to hydrolysis) is 1. The van der Waals surface area contributed by atoms with E-state index in [9.17, 15) is 19.5 Å². The van der Waals surface area contributed by atoms with Gasteiger partial charge in [-0.3, -0.25) is 9.69 Å². The van der Waals surface area contributed by atoms with Crippen LogP contribution in [0.25, 0.3) is 11.1 Å². The summed E-state index contributed by atoms with van der Waals surface area (Å²) in [6, 6.07) is 25.1. The van der Waals surface area contributed by atoms with E-state index in [0.717, 1.165) is 27.8 Å². The van der Waals surface area contributed by atoms with Crippen molar-refractivity contribution in [3.05, 3.63) is 95.6 Å². The Labute approximate surface area is 244 Å². The lowest BCUT2D eigenvalue weighted by atomic mass is 9.96. The second-order valence-corrected chi connectivity index (χ2v) is 11.6. The summed E-state index contributed by atoms with van der Waals surface area (Å²) in [5.74, 6) is -1.12. The number of carbonyl (C=O) groups excluding carboxylic acids is 2. The number of carbonyl (C=O) groups is 3. The zero-order valence-corrected chi connectivity index (χ0v) is 23.9. The number of thioether (sulfide) groups is 1. The minimum absolute atomic E-state index is 0.112. The number of hydrogen-bond donors (Lipinski definition) is 3. The lowest BCUT2D eigenvalue weighted by Gasteiger charge is -2.31. The van der Waals surface area contributed by atoms with Gasteiger partial charge in [0.05, 0.1) is 0 Å². The summed E-state index contributed by atoms with van der Waals surface area (Å²) in [5, 5.41) is 15.3. The standard InChI is InChI=1S/C32H35N3O5S/c1-41-18-15-28(29(36)37)33-30(38)32(16-17-35(21-32)19-22-9-3-2-4-10-22)34-31(39)40-20-27-25-13-7-5-11-23(25)24-12-6-8-14-26(24)27/h2-14,27-28H,15-21H2,1H3,(H,33,38)(H,34,39)(H,36,37). The van der Waals surface area contributed by atoms with Crippen molar-refractivity contribution in [2.75, 3.05) is 31.7 Å². The monoisotopic (exact) mass is 573 g/mol. The van der Waals surface area contributed by atoms with E-state index in [1.165, 1.54) is 11.8 Å². The highest BCUT2D eigenvalue weighted by atomic mass is 32.2. The molecule has 2 aliphatic rings. The van der Waals surface area contributed by atoms with Crippen LogP contribution < -0.4 is 10.6 Å². The predicted octanol–water partition coefficient (Wildman–Crippen LogP) is 4.49. The van der Waals surface area contributed by atoms with E-state index in [0.29, 0.717) is 25.3 Å². The van der Waals surface area contributed by atoms with Crippen molar-refractivity contribution < 1.29 is 24.2 Å². The Morgan fingerprint density at radius 2 is 1.63 bits per heavy atom. The third-order valence-corrected chi connectivity index (χ3v) is 8.58. The van der Waals surface area contributed by atoms with Gasteiger partial charge in [-0.2, -0.15) is 11.8 Å². The number of carboxylic acids is 1. The number of fused-ring (bicyclic) bond motifs is 3. The number of hydrogen-bond acceptors (Lipinski definition) is 6. The van der Waals surface area contributed by atoms with Gasteiger partial charge in [0.15, 0.2) is 0 Å². The van der Waals surface area contributed by atoms with Gasteiger partial charge in [0.25, 0.3) is 0 Å². The SMILES string of the molecule is CSCCC(NC(=O)C1(NC(=O)OCC2c3ccccc3-c3ccccc32)CCN(Cc2ccccc2)C1)C(=O)O. The molecule has 2 atom stereocenters. The van der Waals surface area contributed by atoms with Crippen LogP contribution in [0.3, 0.4) is 0 Å². The summed E-state index contributed by atoms with van der Waals surface area (Å²) in [5.41, 5.74) is 4.23. The highest BCUT2D eigenvalue weighted by Gasteiger charge is 2.47. The fourth-order valence-electron chi connectivity index (χ4n) is 5.83. The first kappa shape index (κ1) is 28.7. The van der Waals surface area contributed by atoms with Crippen molar-refractivity contribution in [1.82, 2.24) is 15.5 Å². The summed E-state index contributed by atoms with van der Waals surface area (Å²) in [6.45, 7) is 1.54.